The van der Waals surface area contributed by atoms with Crippen molar-refractivity contribution < 1.29 is 39.0 Å². The third kappa shape index (κ3) is 11.3. The van der Waals surface area contributed by atoms with E-state index in [1.54, 1.807) is 0 Å². The van der Waals surface area contributed by atoms with E-state index in [1.165, 1.54) is 0 Å². The van der Waals surface area contributed by atoms with Gasteiger partial charge in [0.2, 0.25) is 23.6 Å². The van der Waals surface area contributed by atoms with Crippen LogP contribution in [0, 0.1) is 5.92 Å². The molecule has 0 aliphatic carbocycles. The lowest BCUT2D eigenvalue weighted by molar-refractivity contribution is -0.147. The molecule has 0 bridgehead atoms. The number of aliphatic carboxylic acids is 2. The number of rotatable bonds is 13. The summed E-state index contributed by atoms with van der Waals surface area (Å²) in [6.07, 6.45) is -1.08. The van der Waals surface area contributed by atoms with Crippen molar-refractivity contribution >= 4 is 35.6 Å². The van der Waals surface area contributed by atoms with E-state index in [9.17, 15) is 28.8 Å². The molecule has 0 heterocycles. The number of amides is 4. The van der Waals surface area contributed by atoms with Gasteiger partial charge in [-0.05, 0) is 12.3 Å². The second-order valence-corrected chi connectivity index (χ2v) is 6.74. The van der Waals surface area contributed by atoms with E-state index in [-0.39, 0.29) is 5.92 Å². The molecule has 0 spiro atoms. The Hall–Kier alpha value is -3.22. The zero-order valence-corrected chi connectivity index (χ0v) is 16.1. The molecule has 0 aromatic heterocycles. The van der Waals surface area contributed by atoms with Gasteiger partial charge in [-0.2, -0.15) is 0 Å². The molecule has 4 amide bonds. The van der Waals surface area contributed by atoms with Crippen LogP contribution in [0.2, 0.25) is 0 Å². The second kappa shape index (κ2) is 12.3. The van der Waals surface area contributed by atoms with Gasteiger partial charge in [0.05, 0.1) is 25.4 Å². The highest BCUT2D eigenvalue weighted by Crippen LogP contribution is 2.03. The zero-order valence-electron chi connectivity index (χ0n) is 16.1. The molecular weight excluding hydrogens is 390 g/mol. The number of carbonyl (C=O) groups is 6. The number of nitrogens with one attached hydrogen (secondary N) is 3. The van der Waals surface area contributed by atoms with Gasteiger partial charge < -0.3 is 37.6 Å². The van der Waals surface area contributed by atoms with Crippen molar-refractivity contribution in [2.45, 2.75) is 51.2 Å². The molecule has 29 heavy (non-hydrogen) atoms. The largest absolute Gasteiger partial charge is 0.481 e. The first-order chi connectivity index (χ1) is 13.3. The molecule has 0 aliphatic heterocycles. The van der Waals surface area contributed by atoms with Crippen molar-refractivity contribution in [3.05, 3.63) is 0 Å². The van der Waals surface area contributed by atoms with Crippen molar-refractivity contribution in [1.29, 1.82) is 0 Å². The highest BCUT2D eigenvalue weighted by Gasteiger charge is 2.27. The second-order valence-electron chi connectivity index (χ2n) is 6.74. The molecule has 13 nitrogen and oxygen atoms in total. The predicted molar refractivity (Wildman–Crippen MR) is 98.0 cm³/mol. The van der Waals surface area contributed by atoms with Gasteiger partial charge in [0.15, 0.2) is 0 Å². The predicted octanol–water partition coefficient (Wildman–Crippen LogP) is -3.12. The highest BCUT2D eigenvalue weighted by atomic mass is 16.4. The smallest absolute Gasteiger partial charge is 0.326 e. The molecule has 9 N–H and O–H groups in total. The van der Waals surface area contributed by atoms with E-state index < -0.39 is 73.1 Å². The molecular formula is C16H27N5O8. The number of hydrogen-bond donors (Lipinski definition) is 7. The molecule has 0 aromatic rings. The van der Waals surface area contributed by atoms with Gasteiger partial charge in [-0.25, -0.2) is 4.79 Å². The fourth-order valence-electron chi connectivity index (χ4n) is 2.21. The third-order valence-corrected chi connectivity index (χ3v) is 3.54. The molecule has 0 aromatic carbocycles. The van der Waals surface area contributed by atoms with Crippen LogP contribution in [-0.2, 0) is 28.8 Å². The maximum atomic E-state index is 12.2. The van der Waals surface area contributed by atoms with Gasteiger partial charge >= 0.3 is 11.9 Å². The summed E-state index contributed by atoms with van der Waals surface area (Å²) in [6.45, 7) is 2.97. The summed E-state index contributed by atoms with van der Waals surface area (Å²) in [5.41, 5.74) is 10.8. The van der Waals surface area contributed by atoms with Gasteiger partial charge in [-0.1, -0.05) is 13.8 Å². The van der Waals surface area contributed by atoms with Gasteiger partial charge in [0, 0.05) is 0 Å². The fraction of sp³-hybridized carbons (Fsp3) is 0.625. The lowest BCUT2D eigenvalue weighted by Crippen LogP contribution is -2.54. The average molecular weight is 417 g/mol. The van der Waals surface area contributed by atoms with E-state index in [0.29, 0.717) is 6.42 Å². The van der Waals surface area contributed by atoms with Gasteiger partial charge in [0.25, 0.3) is 0 Å². The highest BCUT2D eigenvalue weighted by molar-refractivity contribution is 5.95. The summed E-state index contributed by atoms with van der Waals surface area (Å²) in [4.78, 5) is 68.7. The molecule has 164 valence electrons. The lowest BCUT2D eigenvalue weighted by atomic mass is 10.0. The van der Waals surface area contributed by atoms with E-state index in [1.807, 2.05) is 19.2 Å². The Morgan fingerprint density at radius 2 is 1.48 bits per heavy atom. The Balaban J connectivity index is 4.87. The van der Waals surface area contributed by atoms with Crippen LogP contribution >= 0.6 is 0 Å². The van der Waals surface area contributed by atoms with E-state index in [0.717, 1.165) is 0 Å². The van der Waals surface area contributed by atoms with Crippen molar-refractivity contribution in [3.63, 3.8) is 0 Å². The number of carboxylic acid groups (broad SMARTS) is 2. The molecule has 0 saturated heterocycles. The molecule has 0 fully saturated rings. The van der Waals surface area contributed by atoms with Crippen LogP contribution in [0.1, 0.15) is 33.1 Å². The molecule has 0 saturated carbocycles. The van der Waals surface area contributed by atoms with Crippen LogP contribution in [0.4, 0.5) is 0 Å². The summed E-state index contributed by atoms with van der Waals surface area (Å²) in [7, 11) is 0. The molecule has 0 aliphatic rings. The molecule has 0 radical (unpaired) electrons. The summed E-state index contributed by atoms with van der Waals surface area (Å²) < 4.78 is 0. The Morgan fingerprint density at radius 3 is 1.93 bits per heavy atom. The minimum Gasteiger partial charge on any atom is -0.481 e. The summed E-state index contributed by atoms with van der Waals surface area (Å²) in [6, 6.07) is -4.00. The maximum absolute atomic E-state index is 12.2. The fourth-order valence-corrected chi connectivity index (χ4v) is 2.21. The quantitative estimate of drug-likeness (QED) is 0.160. The summed E-state index contributed by atoms with van der Waals surface area (Å²) in [5, 5.41) is 23.8. The molecule has 0 rings (SSSR count). The van der Waals surface area contributed by atoms with E-state index in [2.05, 4.69) is 10.6 Å². The maximum Gasteiger partial charge on any atom is 0.326 e. The standard InChI is InChI=1S/C16H27N5O8/c1-7(2)3-8(17)14(26)21-9(4-11(18)22)15(27)19-6-12(23)20-10(16(28)29)5-13(24)25/h7-10H,3-6,17H2,1-2H3,(H2,18,22)(H,19,27)(H,20,23)(H,21,26)(H,24,25)(H,28,29). The Morgan fingerprint density at radius 1 is 0.897 bits per heavy atom. The van der Waals surface area contributed by atoms with Crippen LogP contribution in [0.25, 0.3) is 0 Å². The molecule has 3 unspecified atom stereocenters. The molecule has 3 atom stereocenters. The first kappa shape index (κ1) is 25.8. The number of hydrogen-bond acceptors (Lipinski definition) is 7. The zero-order chi connectivity index (χ0) is 22.7. The van der Waals surface area contributed by atoms with Crippen molar-refractivity contribution in [2.24, 2.45) is 17.4 Å². The van der Waals surface area contributed by atoms with Crippen molar-refractivity contribution in [3.8, 4) is 0 Å². The van der Waals surface area contributed by atoms with Crippen molar-refractivity contribution in [1.82, 2.24) is 16.0 Å². The van der Waals surface area contributed by atoms with E-state index in [4.69, 9.17) is 21.7 Å². The average Bonchev–Trinajstić information content (AvgIpc) is 2.56. The summed E-state index contributed by atoms with van der Waals surface area (Å²) >= 11 is 0. The number of primary amides is 1. The van der Waals surface area contributed by atoms with Gasteiger partial charge in [-0.3, -0.25) is 24.0 Å². The first-order valence-corrected chi connectivity index (χ1v) is 8.69. The van der Waals surface area contributed by atoms with Crippen LogP contribution in [0.3, 0.4) is 0 Å². The van der Waals surface area contributed by atoms with Crippen LogP contribution in [0.5, 0.6) is 0 Å². The van der Waals surface area contributed by atoms with Crippen LogP contribution in [-0.4, -0.2) is 70.5 Å². The number of carbonyl (C=O) groups excluding carboxylic acids is 4. The van der Waals surface area contributed by atoms with Crippen LogP contribution in [0.15, 0.2) is 0 Å². The Labute approximate surface area is 166 Å². The van der Waals surface area contributed by atoms with Gasteiger partial charge in [-0.15, -0.1) is 0 Å². The Kier molecular flexibility index (Phi) is 10.9. The minimum atomic E-state index is -1.69. The molecule has 13 heteroatoms. The van der Waals surface area contributed by atoms with E-state index >= 15 is 0 Å². The van der Waals surface area contributed by atoms with Crippen molar-refractivity contribution in [2.75, 3.05) is 6.54 Å². The SMILES string of the molecule is CC(C)CC(N)C(=O)NC(CC(N)=O)C(=O)NCC(=O)NC(CC(=O)O)C(=O)O. The topological polar surface area (TPSA) is 231 Å². The number of nitrogens with two attached hydrogens (primary N) is 2. The first-order valence-electron chi connectivity index (χ1n) is 8.69. The van der Waals surface area contributed by atoms with Gasteiger partial charge in [0.1, 0.15) is 12.1 Å². The Bertz CT molecular complexity index is 651. The number of carboxylic acids is 2. The minimum absolute atomic E-state index is 0.107. The normalized spacial score (nSPS) is 13.7. The summed E-state index contributed by atoms with van der Waals surface area (Å²) in [5.74, 6) is -6.37. The van der Waals surface area contributed by atoms with Crippen LogP contribution < -0.4 is 27.4 Å². The lowest BCUT2D eigenvalue weighted by Gasteiger charge is -2.20. The third-order valence-electron chi connectivity index (χ3n) is 3.54. The monoisotopic (exact) mass is 417 g/mol.